The Balaban J connectivity index is 0.00000176. The largest absolute Gasteiger partial charge is 0.348 e. The summed E-state index contributed by atoms with van der Waals surface area (Å²) in [5.74, 6) is 1.30. The minimum Gasteiger partial charge on any atom is -0.348 e. The number of hydrogen-bond donors (Lipinski definition) is 2. The Morgan fingerprint density at radius 2 is 2.00 bits per heavy atom. The second-order valence-corrected chi connectivity index (χ2v) is 7.98. The van der Waals surface area contributed by atoms with Gasteiger partial charge >= 0.3 is 0 Å². The van der Waals surface area contributed by atoms with E-state index in [1.165, 1.54) is 29.7 Å². The molecule has 0 aliphatic heterocycles. The van der Waals surface area contributed by atoms with Gasteiger partial charge in [-0.25, -0.2) is 0 Å². The van der Waals surface area contributed by atoms with Crippen LogP contribution in [0.5, 0.6) is 0 Å². The summed E-state index contributed by atoms with van der Waals surface area (Å²) in [6.45, 7) is 4.25. The number of fused-ring (bicyclic) bond motifs is 2. The summed E-state index contributed by atoms with van der Waals surface area (Å²) in [6.07, 6.45) is 6.89. The number of hydrogen-bond acceptors (Lipinski definition) is 3. The minimum atomic E-state index is 0. The number of aryl methyl sites for hydroxylation is 2. The number of nitrogens with one attached hydrogen (secondary N) is 1. The molecule has 2 aliphatic rings. The summed E-state index contributed by atoms with van der Waals surface area (Å²) in [7, 11) is 0. The zero-order chi connectivity index (χ0) is 15.0. The molecular weight excluding hydrogens is 316 g/mol. The van der Waals surface area contributed by atoms with Gasteiger partial charge in [0.05, 0.1) is 4.88 Å². The van der Waals surface area contributed by atoms with Gasteiger partial charge in [-0.05, 0) is 62.5 Å². The fourth-order valence-electron chi connectivity index (χ4n) is 4.23. The molecule has 22 heavy (non-hydrogen) atoms. The summed E-state index contributed by atoms with van der Waals surface area (Å²) < 4.78 is 0. The molecule has 0 radical (unpaired) electrons. The smallest absolute Gasteiger partial charge is 0.261 e. The summed E-state index contributed by atoms with van der Waals surface area (Å²) in [4.78, 5) is 14.7. The molecule has 3 nitrogen and oxygen atoms in total. The van der Waals surface area contributed by atoms with E-state index >= 15 is 0 Å². The summed E-state index contributed by atoms with van der Waals surface area (Å²) in [5.41, 5.74) is 7.46. The highest BCUT2D eigenvalue weighted by molar-refractivity contribution is 7.14. The van der Waals surface area contributed by atoms with Crippen molar-refractivity contribution >= 4 is 29.7 Å². The molecule has 124 valence electrons. The maximum atomic E-state index is 12.6. The Bertz CT molecular complexity index is 517. The number of carbonyl (C=O) groups is 1. The van der Waals surface area contributed by atoms with Crippen LogP contribution in [0.4, 0.5) is 0 Å². The van der Waals surface area contributed by atoms with Gasteiger partial charge in [-0.3, -0.25) is 4.79 Å². The Labute approximate surface area is 143 Å². The maximum Gasteiger partial charge on any atom is 0.261 e. The second kappa shape index (κ2) is 7.33. The molecule has 2 saturated carbocycles. The van der Waals surface area contributed by atoms with Gasteiger partial charge < -0.3 is 11.1 Å². The third-order valence-electron chi connectivity index (χ3n) is 5.30. The van der Waals surface area contributed by atoms with Crippen molar-refractivity contribution in [1.82, 2.24) is 5.32 Å². The van der Waals surface area contributed by atoms with Gasteiger partial charge in [0.15, 0.2) is 0 Å². The van der Waals surface area contributed by atoms with E-state index in [1.54, 1.807) is 11.3 Å². The van der Waals surface area contributed by atoms with E-state index in [2.05, 4.69) is 25.2 Å². The third kappa shape index (κ3) is 3.50. The molecule has 1 aromatic heterocycles. The van der Waals surface area contributed by atoms with E-state index < -0.39 is 0 Å². The lowest BCUT2D eigenvalue weighted by molar-refractivity contribution is 0.0759. The normalized spacial score (nSPS) is 30.5. The predicted molar refractivity (Wildman–Crippen MR) is 95.0 cm³/mol. The van der Waals surface area contributed by atoms with E-state index in [1.807, 2.05) is 0 Å². The maximum absolute atomic E-state index is 12.6. The van der Waals surface area contributed by atoms with Gasteiger partial charge in [0.1, 0.15) is 0 Å². The zero-order valence-corrected chi connectivity index (χ0v) is 15.1. The van der Waals surface area contributed by atoms with Gasteiger partial charge in [0.25, 0.3) is 5.91 Å². The number of nitrogens with two attached hydrogens (primary N) is 1. The highest BCUT2D eigenvalue weighted by Gasteiger charge is 2.40. The van der Waals surface area contributed by atoms with Crippen molar-refractivity contribution in [3.63, 3.8) is 0 Å². The van der Waals surface area contributed by atoms with Crippen molar-refractivity contribution in [2.24, 2.45) is 17.6 Å². The van der Waals surface area contributed by atoms with Crippen molar-refractivity contribution < 1.29 is 4.79 Å². The number of amides is 1. The van der Waals surface area contributed by atoms with Gasteiger partial charge in [-0.2, -0.15) is 0 Å². The van der Waals surface area contributed by atoms with Crippen LogP contribution in [0.2, 0.25) is 0 Å². The van der Waals surface area contributed by atoms with Crippen LogP contribution in [0, 0.1) is 18.8 Å². The number of rotatable bonds is 3. The van der Waals surface area contributed by atoms with Gasteiger partial charge in [-0.1, -0.05) is 13.3 Å². The Morgan fingerprint density at radius 1 is 1.36 bits per heavy atom. The van der Waals surface area contributed by atoms with Crippen LogP contribution in [-0.2, 0) is 6.42 Å². The first-order valence-corrected chi connectivity index (χ1v) is 9.06. The highest BCUT2D eigenvalue weighted by Crippen LogP contribution is 2.39. The quantitative estimate of drug-likeness (QED) is 0.880. The van der Waals surface area contributed by atoms with Crippen LogP contribution < -0.4 is 11.1 Å². The molecule has 1 heterocycles. The zero-order valence-electron chi connectivity index (χ0n) is 13.4. The summed E-state index contributed by atoms with van der Waals surface area (Å²) >= 11 is 1.63. The van der Waals surface area contributed by atoms with Crippen molar-refractivity contribution in [1.29, 1.82) is 0 Å². The van der Waals surface area contributed by atoms with E-state index in [-0.39, 0.29) is 18.3 Å². The van der Waals surface area contributed by atoms with Crippen LogP contribution in [0.25, 0.3) is 0 Å². The number of carbonyl (C=O) groups excluding carboxylic acids is 1. The van der Waals surface area contributed by atoms with Crippen molar-refractivity contribution in [2.75, 3.05) is 0 Å². The monoisotopic (exact) mass is 342 g/mol. The third-order valence-corrected chi connectivity index (χ3v) is 6.39. The molecule has 2 atom stereocenters. The Hall–Kier alpha value is -0.580. The molecule has 0 spiro atoms. The fraction of sp³-hybridized carbons (Fsp3) is 0.706. The minimum absolute atomic E-state index is 0. The SMILES string of the molecule is CCc1cc(C(=O)NC2C3CCCC2CC(N)C3)sc1C.Cl. The van der Waals surface area contributed by atoms with Crippen molar-refractivity contribution in [2.45, 2.75) is 64.5 Å². The first-order chi connectivity index (χ1) is 10.1. The molecule has 2 fully saturated rings. The predicted octanol–water partition coefficient (Wildman–Crippen LogP) is 3.68. The Morgan fingerprint density at radius 3 is 2.55 bits per heavy atom. The molecule has 3 N–H and O–H groups in total. The lowest BCUT2D eigenvalue weighted by Crippen LogP contribution is -2.53. The first kappa shape index (κ1) is 17.8. The van der Waals surface area contributed by atoms with Crippen molar-refractivity contribution in [3.8, 4) is 0 Å². The lowest BCUT2D eigenvalue weighted by Gasteiger charge is -2.45. The van der Waals surface area contributed by atoms with Crippen LogP contribution in [0.1, 0.15) is 59.1 Å². The molecule has 1 amide bonds. The average molecular weight is 343 g/mol. The molecule has 2 unspecified atom stereocenters. The van der Waals surface area contributed by atoms with E-state index in [9.17, 15) is 4.79 Å². The molecule has 1 aromatic rings. The highest BCUT2D eigenvalue weighted by atomic mass is 35.5. The van der Waals surface area contributed by atoms with E-state index in [4.69, 9.17) is 5.73 Å². The van der Waals surface area contributed by atoms with Crippen LogP contribution in [0.3, 0.4) is 0 Å². The number of thiophene rings is 1. The van der Waals surface area contributed by atoms with Crippen LogP contribution in [0.15, 0.2) is 6.07 Å². The molecule has 2 bridgehead atoms. The topological polar surface area (TPSA) is 55.1 Å². The standard InChI is InChI=1S/C17H26N2OS.ClH/c1-3-11-9-15(21-10(11)2)17(20)19-16-12-5-4-6-13(16)8-14(18)7-12;/h9,12-14,16H,3-8,18H2,1-2H3,(H,19,20);1H. The summed E-state index contributed by atoms with van der Waals surface area (Å²) in [5, 5.41) is 3.34. The fourth-order valence-corrected chi connectivity index (χ4v) is 5.25. The molecule has 0 saturated heterocycles. The first-order valence-electron chi connectivity index (χ1n) is 8.24. The molecule has 5 heteroatoms. The van der Waals surface area contributed by atoms with Crippen molar-refractivity contribution in [3.05, 3.63) is 21.4 Å². The van der Waals surface area contributed by atoms with E-state index in [0.29, 0.717) is 23.9 Å². The van der Waals surface area contributed by atoms with Crippen LogP contribution >= 0.6 is 23.7 Å². The number of halogens is 1. The molecule has 3 rings (SSSR count). The van der Waals surface area contributed by atoms with Gasteiger partial charge in [0.2, 0.25) is 0 Å². The second-order valence-electron chi connectivity index (χ2n) is 6.73. The average Bonchev–Trinajstić information content (AvgIpc) is 2.81. The Kier molecular flexibility index (Phi) is 5.92. The summed E-state index contributed by atoms with van der Waals surface area (Å²) in [6, 6.07) is 2.75. The van der Waals surface area contributed by atoms with Gasteiger partial charge in [0, 0.05) is 17.0 Å². The van der Waals surface area contributed by atoms with E-state index in [0.717, 1.165) is 24.1 Å². The van der Waals surface area contributed by atoms with Crippen LogP contribution in [-0.4, -0.2) is 18.0 Å². The lowest BCUT2D eigenvalue weighted by atomic mass is 9.67. The molecule has 0 aromatic carbocycles. The van der Waals surface area contributed by atoms with Gasteiger partial charge in [-0.15, -0.1) is 23.7 Å². The molecular formula is C17H27ClN2OS. The molecule has 2 aliphatic carbocycles.